The van der Waals surface area contributed by atoms with Crippen molar-refractivity contribution in [3.05, 3.63) is 76.7 Å². The zero-order valence-corrected chi connectivity index (χ0v) is 14.7. The Morgan fingerprint density at radius 1 is 1.04 bits per heavy atom. The van der Waals surface area contributed by atoms with Crippen molar-refractivity contribution in [1.82, 2.24) is 0 Å². The second kappa shape index (κ2) is 6.52. The summed E-state index contributed by atoms with van der Waals surface area (Å²) in [5, 5.41) is 0. The molecule has 0 saturated heterocycles. The largest absolute Gasteiger partial charge is 0.294 e. The van der Waals surface area contributed by atoms with Crippen LogP contribution >= 0.6 is 0 Å². The first-order chi connectivity index (χ1) is 12.6. The third-order valence-electron chi connectivity index (χ3n) is 5.21. The molecule has 0 bridgehead atoms. The summed E-state index contributed by atoms with van der Waals surface area (Å²) in [4.78, 5) is 27.2. The first-order valence-electron chi connectivity index (χ1n) is 8.96. The number of carbonyl (C=O) groups is 2. The minimum atomic E-state index is -0.445. The maximum atomic E-state index is 14.4. The van der Waals surface area contributed by atoms with Crippen LogP contribution in [0.5, 0.6) is 0 Å². The van der Waals surface area contributed by atoms with E-state index in [2.05, 4.69) is 0 Å². The van der Waals surface area contributed by atoms with E-state index in [1.165, 1.54) is 11.0 Å². The van der Waals surface area contributed by atoms with E-state index in [1.807, 2.05) is 31.2 Å². The van der Waals surface area contributed by atoms with E-state index in [0.717, 1.165) is 11.1 Å². The van der Waals surface area contributed by atoms with Crippen molar-refractivity contribution in [3.63, 3.8) is 0 Å². The van der Waals surface area contributed by atoms with Crippen molar-refractivity contribution in [1.29, 1.82) is 0 Å². The Bertz CT molecular complexity index is 931. The van der Waals surface area contributed by atoms with Crippen LogP contribution in [-0.2, 0) is 9.59 Å². The molecular formula is C22H20FNO2. The summed E-state index contributed by atoms with van der Waals surface area (Å²) >= 11 is 0. The third kappa shape index (κ3) is 2.75. The molecule has 0 radical (unpaired) electrons. The number of Topliss-reactive ketones (excluding diaryl/α,β-unsaturated/α-hetero) is 1. The van der Waals surface area contributed by atoms with Crippen LogP contribution in [0.25, 0.3) is 0 Å². The number of hydrogen-bond donors (Lipinski definition) is 0. The molecule has 4 heteroatoms. The van der Waals surface area contributed by atoms with Crippen LogP contribution in [0.2, 0.25) is 0 Å². The normalized spacial score (nSPS) is 20.4. The Balaban J connectivity index is 1.89. The lowest BCUT2D eigenvalue weighted by Gasteiger charge is -2.38. The van der Waals surface area contributed by atoms with Crippen molar-refractivity contribution in [2.75, 3.05) is 4.90 Å². The van der Waals surface area contributed by atoms with Crippen LogP contribution in [-0.4, -0.2) is 11.7 Å². The minimum absolute atomic E-state index is 0.0756. The van der Waals surface area contributed by atoms with Crippen molar-refractivity contribution in [2.45, 2.75) is 38.5 Å². The van der Waals surface area contributed by atoms with E-state index in [0.29, 0.717) is 30.5 Å². The van der Waals surface area contributed by atoms with Crippen molar-refractivity contribution in [2.24, 2.45) is 0 Å². The maximum absolute atomic E-state index is 14.4. The molecule has 1 amide bonds. The second-order valence-electron chi connectivity index (χ2n) is 6.99. The molecule has 2 aromatic rings. The summed E-state index contributed by atoms with van der Waals surface area (Å²) in [5.74, 6) is -0.769. The Hall–Kier alpha value is -2.75. The van der Waals surface area contributed by atoms with E-state index >= 15 is 0 Å². The minimum Gasteiger partial charge on any atom is -0.294 e. The number of amides is 1. The van der Waals surface area contributed by atoms with Gasteiger partial charge in [-0.25, -0.2) is 4.39 Å². The number of carbonyl (C=O) groups excluding carboxylic acids is 2. The molecule has 0 aromatic heterocycles. The monoisotopic (exact) mass is 349 g/mol. The molecule has 26 heavy (non-hydrogen) atoms. The molecular weight excluding hydrogens is 329 g/mol. The number of benzene rings is 2. The van der Waals surface area contributed by atoms with Gasteiger partial charge >= 0.3 is 0 Å². The molecule has 0 spiro atoms. The Morgan fingerprint density at radius 2 is 1.85 bits per heavy atom. The predicted molar refractivity (Wildman–Crippen MR) is 98.3 cm³/mol. The highest BCUT2D eigenvalue weighted by Gasteiger charge is 2.40. The molecule has 0 saturated carbocycles. The summed E-state index contributed by atoms with van der Waals surface area (Å²) in [5.41, 5.74) is 3.67. The van der Waals surface area contributed by atoms with Gasteiger partial charge in [-0.3, -0.25) is 14.5 Å². The number of anilines is 1. The van der Waals surface area contributed by atoms with Gasteiger partial charge in [0, 0.05) is 30.0 Å². The van der Waals surface area contributed by atoms with Crippen LogP contribution in [0.3, 0.4) is 0 Å². The molecule has 1 heterocycles. The van der Waals surface area contributed by atoms with Gasteiger partial charge in [0.1, 0.15) is 5.82 Å². The Morgan fingerprint density at radius 3 is 2.62 bits per heavy atom. The summed E-state index contributed by atoms with van der Waals surface area (Å²) in [7, 11) is 0. The van der Waals surface area contributed by atoms with E-state index < -0.39 is 5.82 Å². The number of allylic oxidation sites excluding steroid dienone is 2. The van der Waals surface area contributed by atoms with Gasteiger partial charge in [-0.05, 0) is 37.5 Å². The van der Waals surface area contributed by atoms with E-state index in [-0.39, 0.29) is 29.7 Å². The maximum Gasteiger partial charge on any atom is 0.232 e. The van der Waals surface area contributed by atoms with E-state index in [1.54, 1.807) is 18.2 Å². The fourth-order valence-corrected chi connectivity index (χ4v) is 4.08. The standard InChI is InChI=1S/C22H20FNO2/c1-14-6-4-7-15(12-14)16-13-21(26)24(18-9-3-2-8-17(18)23)19-10-5-11-20(25)22(16)19/h2-4,6-9,12,16H,5,10-11,13H2,1H3. The Kier molecular flexibility index (Phi) is 4.19. The van der Waals surface area contributed by atoms with Gasteiger partial charge in [0.05, 0.1) is 5.69 Å². The number of hydrogen-bond acceptors (Lipinski definition) is 2. The summed E-state index contributed by atoms with van der Waals surface area (Å²) < 4.78 is 14.4. The van der Waals surface area contributed by atoms with E-state index in [4.69, 9.17) is 0 Å². The Labute approximate surface area is 152 Å². The van der Waals surface area contributed by atoms with Crippen LogP contribution in [0.4, 0.5) is 10.1 Å². The fraction of sp³-hybridized carbons (Fsp3) is 0.273. The average molecular weight is 349 g/mol. The van der Waals surface area contributed by atoms with Gasteiger partial charge in [-0.2, -0.15) is 0 Å². The highest BCUT2D eigenvalue weighted by Crippen LogP contribution is 2.43. The molecule has 2 aromatic carbocycles. The lowest BCUT2D eigenvalue weighted by atomic mass is 9.77. The number of rotatable bonds is 2. The van der Waals surface area contributed by atoms with Gasteiger partial charge in [-0.15, -0.1) is 0 Å². The SMILES string of the molecule is Cc1cccc(C2CC(=O)N(c3ccccc3F)C3=C2C(=O)CCC3)c1. The summed E-state index contributed by atoms with van der Waals surface area (Å²) in [6, 6.07) is 14.2. The fourth-order valence-electron chi connectivity index (χ4n) is 4.08. The van der Waals surface area contributed by atoms with Gasteiger partial charge in [0.15, 0.2) is 5.78 Å². The average Bonchev–Trinajstić information content (AvgIpc) is 2.62. The first-order valence-corrected chi connectivity index (χ1v) is 8.96. The van der Waals surface area contributed by atoms with Gasteiger partial charge in [-0.1, -0.05) is 42.0 Å². The van der Waals surface area contributed by atoms with Crippen LogP contribution in [0.15, 0.2) is 59.8 Å². The molecule has 1 aliphatic carbocycles. The third-order valence-corrected chi connectivity index (χ3v) is 5.21. The zero-order valence-electron chi connectivity index (χ0n) is 14.7. The molecule has 0 fully saturated rings. The lowest BCUT2D eigenvalue weighted by Crippen LogP contribution is -2.41. The molecule has 1 unspecified atom stereocenters. The van der Waals surface area contributed by atoms with Crippen molar-refractivity contribution in [3.8, 4) is 0 Å². The molecule has 2 aliphatic rings. The molecule has 1 atom stereocenters. The van der Waals surface area contributed by atoms with E-state index in [9.17, 15) is 14.0 Å². The predicted octanol–water partition coefficient (Wildman–Crippen LogP) is 4.66. The summed E-state index contributed by atoms with van der Waals surface area (Å²) in [6.07, 6.45) is 1.97. The number of aryl methyl sites for hydroxylation is 1. The van der Waals surface area contributed by atoms with Gasteiger partial charge in [0.25, 0.3) is 0 Å². The number of halogens is 1. The smallest absolute Gasteiger partial charge is 0.232 e. The molecule has 4 rings (SSSR count). The number of ketones is 1. The topological polar surface area (TPSA) is 37.4 Å². The second-order valence-corrected chi connectivity index (χ2v) is 6.99. The van der Waals surface area contributed by atoms with Crippen LogP contribution < -0.4 is 4.90 Å². The van der Waals surface area contributed by atoms with Gasteiger partial charge in [0.2, 0.25) is 5.91 Å². The quantitative estimate of drug-likeness (QED) is 0.791. The van der Waals surface area contributed by atoms with Crippen LogP contribution in [0.1, 0.15) is 42.7 Å². The molecule has 3 nitrogen and oxygen atoms in total. The highest BCUT2D eigenvalue weighted by molar-refractivity contribution is 6.07. The molecule has 132 valence electrons. The zero-order chi connectivity index (χ0) is 18.3. The lowest BCUT2D eigenvalue weighted by molar-refractivity contribution is -0.120. The molecule has 1 aliphatic heterocycles. The first kappa shape index (κ1) is 16.7. The summed E-state index contributed by atoms with van der Waals surface area (Å²) in [6.45, 7) is 2.00. The van der Waals surface area contributed by atoms with Crippen LogP contribution in [0, 0.1) is 12.7 Å². The molecule has 0 N–H and O–H groups in total. The number of para-hydroxylation sites is 1. The number of nitrogens with zero attached hydrogens (tertiary/aromatic N) is 1. The van der Waals surface area contributed by atoms with Crippen molar-refractivity contribution >= 4 is 17.4 Å². The van der Waals surface area contributed by atoms with Gasteiger partial charge < -0.3 is 0 Å². The highest BCUT2D eigenvalue weighted by atomic mass is 19.1. The van der Waals surface area contributed by atoms with Crippen molar-refractivity contribution < 1.29 is 14.0 Å².